The predicted octanol–water partition coefficient (Wildman–Crippen LogP) is 4.30. The zero-order valence-electron chi connectivity index (χ0n) is 12.4. The average molecular weight is 233 g/mol. The third-order valence-electron chi connectivity index (χ3n) is 3.21. The molecule has 0 spiro atoms. The van der Waals surface area contributed by atoms with Gasteiger partial charge in [-0.2, -0.15) is 0 Å². The summed E-state index contributed by atoms with van der Waals surface area (Å²) in [6.45, 7) is 15.5. The van der Waals surface area contributed by atoms with Crippen LogP contribution in [0.25, 0.3) is 0 Å². The Morgan fingerprint density at radius 3 is 1.41 bits per heavy atom. The van der Waals surface area contributed by atoms with E-state index in [4.69, 9.17) is 5.73 Å². The second-order valence-corrected chi connectivity index (χ2v) is 7.13. The zero-order chi connectivity index (χ0) is 13.4. The smallest absolute Gasteiger partial charge is 0.0266 e. The zero-order valence-corrected chi connectivity index (χ0v) is 12.4. The summed E-state index contributed by atoms with van der Waals surface area (Å²) in [7, 11) is 0. The van der Waals surface area contributed by atoms with E-state index >= 15 is 0 Å². The van der Waals surface area contributed by atoms with Crippen LogP contribution in [0.3, 0.4) is 0 Å². The van der Waals surface area contributed by atoms with Crippen LogP contribution >= 0.6 is 0 Å². The van der Waals surface area contributed by atoms with E-state index in [-0.39, 0.29) is 16.9 Å². The first kappa shape index (κ1) is 14.2. The van der Waals surface area contributed by atoms with Gasteiger partial charge in [0.15, 0.2) is 0 Å². The molecule has 1 heteroatoms. The van der Waals surface area contributed by atoms with Gasteiger partial charge in [0.25, 0.3) is 0 Å². The lowest BCUT2D eigenvalue weighted by molar-refractivity contribution is 0.565. The molecule has 0 saturated heterocycles. The molecule has 0 radical (unpaired) electrons. The summed E-state index contributed by atoms with van der Waals surface area (Å²) in [5, 5.41) is 0. The van der Waals surface area contributed by atoms with Gasteiger partial charge in [-0.25, -0.2) is 0 Å². The maximum Gasteiger partial charge on any atom is 0.0266 e. The molecule has 0 aliphatic rings. The van der Waals surface area contributed by atoms with Crippen LogP contribution < -0.4 is 5.73 Å². The van der Waals surface area contributed by atoms with Gasteiger partial charge in [-0.1, -0.05) is 59.7 Å². The third kappa shape index (κ3) is 3.57. The summed E-state index contributed by atoms with van der Waals surface area (Å²) >= 11 is 0. The molecule has 0 saturated carbocycles. The Morgan fingerprint density at radius 2 is 1.18 bits per heavy atom. The van der Waals surface area contributed by atoms with Gasteiger partial charge in [0.2, 0.25) is 0 Å². The highest BCUT2D eigenvalue weighted by Crippen LogP contribution is 2.31. The first-order valence-corrected chi connectivity index (χ1v) is 6.43. The number of benzene rings is 1. The Labute approximate surface area is 106 Å². The Hall–Kier alpha value is -0.820. The van der Waals surface area contributed by atoms with Gasteiger partial charge in [0.1, 0.15) is 0 Å². The lowest BCUT2D eigenvalue weighted by Crippen LogP contribution is -2.18. The number of rotatable bonds is 1. The topological polar surface area (TPSA) is 26.0 Å². The second kappa shape index (κ2) is 4.45. The maximum absolute atomic E-state index is 6.04. The Balaban J connectivity index is 3.40. The van der Waals surface area contributed by atoms with Crippen molar-refractivity contribution in [1.82, 2.24) is 0 Å². The van der Waals surface area contributed by atoms with E-state index in [1.807, 2.05) is 6.92 Å². The minimum Gasteiger partial charge on any atom is -0.324 e. The molecule has 0 heterocycles. The van der Waals surface area contributed by atoms with E-state index in [0.29, 0.717) is 0 Å². The molecule has 1 atom stereocenters. The van der Waals surface area contributed by atoms with Crippen LogP contribution in [0.2, 0.25) is 0 Å². The van der Waals surface area contributed by atoms with Crippen molar-refractivity contribution in [2.75, 3.05) is 0 Å². The van der Waals surface area contributed by atoms with Gasteiger partial charge in [-0.05, 0) is 34.4 Å². The molecular formula is C16H27N. The SMILES string of the molecule is CC(N)c1cc(C(C)(C)C)cc(C(C)(C)C)c1. The van der Waals surface area contributed by atoms with Gasteiger partial charge in [0, 0.05) is 6.04 Å². The van der Waals surface area contributed by atoms with Crippen molar-refractivity contribution in [2.24, 2.45) is 5.73 Å². The summed E-state index contributed by atoms with van der Waals surface area (Å²) in [6.07, 6.45) is 0. The molecule has 0 aliphatic heterocycles. The van der Waals surface area contributed by atoms with Crippen LogP contribution in [-0.2, 0) is 10.8 Å². The molecule has 1 aromatic rings. The molecule has 2 N–H and O–H groups in total. The molecule has 0 fully saturated rings. The second-order valence-electron chi connectivity index (χ2n) is 7.13. The first-order valence-electron chi connectivity index (χ1n) is 6.43. The van der Waals surface area contributed by atoms with Crippen LogP contribution in [0.5, 0.6) is 0 Å². The molecule has 1 rings (SSSR count). The summed E-state index contributed by atoms with van der Waals surface area (Å²) in [6, 6.07) is 6.92. The van der Waals surface area contributed by atoms with Crippen molar-refractivity contribution in [1.29, 1.82) is 0 Å². The van der Waals surface area contributed by atoms with Gasteiger partial charge < -0.3 is 5.73 Å². The maximum atomic E-state index is 6.04. The third-order valence-corrected chi connectivity index (χ3v) is 3.21. The summed E-state index contributed by atoms with van der Waals surface area (Å²) in [4.78, 5) is 0. The lowest BCUT2D eigenvalue weighted by atomic mass is 9.79. The number of nitrogens with two attached hydrogens (primary N) is 1. The highest BCUT2D eigenvalue weighted by atomic mass is 14.6. The minimum absolute atomic E-state index is 0.0957. The normalized spacial score (nSPS) is 14.8. The van der Waals surface area contributed by atoms with E-state index < -0.39 is 0 Å². The molecule has 1 nitrogen and oxygen atoms in total. The van der Waals surface area contributed by atoms with Crippen LogP contribution in [0.4, 0.5) is 0 Å². The van der Waals surface area contributed by atoms with Crippen LogP contribution in [0.15, 0.2) is 18.2 Å². The summed E-state index contributed by atoms with van der Waals surface area (Å²) in [5.41, 5.74) is 10.4. The van der Waals surface area contributed by atoms with Crippen molar-refractivity contribution in [3.63, 3.8) is 0 Å². The summed E-state index contributed by atoms with van der Waals surface area (Å²) in [5.74, 6) is 0. The van der Waals surface area contributed by atoms with E-state index in [0.717, 1.165) is 0 Å². The van der Waals surface area contributed by atoms with E-state index in [1.54, 1.807) is 0 Å². The molecule has 96 valence electrons. The molecule has 1 unspecified atom stereocenters. The minimum atomic E-state index is 0.0957. The Bertz CT molecular complexity index is 357. The van der Waals surface area contributed by atoms with E-state index in [9.17, 15) is 0 Å². The first-order chi connectivity index (χ1) is 7.51. The molecular weight excluding hydrogens is 206 g/mol. The number of hydrogen-bond acceptors (Lipinski definition) is 1. The van der Waals surface area contributed by atoms with Gasteiger partial charge in [0.05, 0.1) is 0 Å². The molecule has 0 amide bonds. The average Bonchev–Trinajstić information content (AvgIpc) is 2.14. The standard InChI is InChI=1S/C16H27N/c1-11(17)12-8-13(15(2,3)4)10-14(9-12)16(5,6)7/h8-11H,17H2,1-7H3. The number of hydrogen-bond donors (Lipinski definition) is 1. The fraction of sp³-hybridized carbons (Fsp3) is 0.625. The van der Waals surface area contributed by atoms with Crippen LogP contribution in [0, 0.1) is 0 Å². The van der Waals surface area contributed by atoms with E-state index in [2.05, 4.69) is 59.7 Å². The lowest BCUT2D eigenvalue weighted by Gasteiger charge is -2.27. The van der Waals surface area contributed by atoms with Gasteiger partial charge >= 0.3 is 0 Å². The predicted molar refractivity (Wildman–Crippen MR) is 76.4 cm³/mol. The van der Waals surface area contributed by atoms with Gasteiger partial charge in [-0.15, -0.1) is 0 Å². The fourth-order valence-electron chi connectivity index (χ4n) is 1.78. The highest BCUT2D eigenvalue weighted by Gasteiger charge is 2.20. The van der Waals surface area contributed by atoms with E-state index in [1.165, 1.54) is 16.7 Å². The van der Waals surface area contributed by atoms with Crippen LogP contribution in [0.1, 0.15) is 71.2 Å². The fourth-order valence-corrected chi connectivity index (χ4v) is 1.78. The van der Waals surface area contributed by atoms with Crippen molar-refractivity contribution in [2.45, 2.75) is 65.3 Å². The Kier molecular flexibility index (Phi) is 3.73. The molecule has 1 aromatic carbocycles. The summed E-state index contributed by atoms with van der Waals surface area (Å²) < 4.78 is 0. The quantitative estimate of drug-likeness (QED) is 0.769. The molecule has 0 bridgehead atoms. The van der Waals surface area contributed by atoms with Gasteiger partial charge in [-0.3, -0.25) is 0 Å². The monoisotopic (exact) mass is 233 g/mol. The van der Waals surface area contributed by atoms with Crippen molar-refractivity contribution < 1.29 is 0 Å². The van der Waals surface area contributed by atoms with Crippen molar-refractivity contribution >= 4 is 0 Å². The van der Waals surface area contributed by atoms with Crippen LogP contribution in [-0.4, -0.2) is 0 Å². The highest BCUT2D eigenvalue weighted by molar-refractivity contribution is 5.38. The largest absolute Gasteiger partial charge is 0.324 e. The van der Waals surface area contributed by atoms with Crippen molar-refractivity contribution in [3.8, 4) is 0 Å². The Morgan fingerprint density at radius 1 is 0.824 bits per heavy atom. The van der Waals surface area contributed by atoms with Crippen molar-refractivity contribution in [3.05, 3.63) is 34.9 Å². The molecule has 17 heavy (non-hydrogen) atoms. The molecule has 0 aliphatic carbocycles. The molecule has 0 aromatic heterocycles.